The molecule has 0 N–H and O–H groups in total. The minimum atomic E-state index is -4.34. The summed E-state index contributed by atoms with van der Waals surface area (Å²) in [4.78, 5) is 26.2. The molecule has 0 spiro atoms. The molecule has 0 aliphatic carbocycles. The van der Waals surface area contributed by atoms with Crippen LogP contribution in [0.25, 0.3) is 0 Å². The molecular weight excluding hydrogens is 403 g/mol. The summed E-state index contributed by atoms with van der Waals surface area (Å²) in [7, 11) is 1.54. The zero-order chi connectivity index (χ0) is 22.5. The summed E-state index contributed by atoms with van der Waals surface area (Å²) in [6.07, 6.45) is 14.6. The molecule has 1 amide bonds. The minimum Gasteiger partial charge on any atom is -0.756 e. The summed E-state index contributed by atoms with van der Waals surface area (Å²) >= 11 is 0. The monoisotopic (exact) mass is 446 g/mol. The molecule has 0 aromatic heterocycles. The van der Waals surface area contributed by atoms with Gasteiger partial charge < -0.3 is 23.3 Å². The van der Waals surface area contributed by atoms with Crippen LogP contribution < -0.4 is 4.89 Å². The van der Waals surface area contributed by atoms with Crippen molar-refractivity contribution in [2.75, 3.05) is 47.4 Å². The van der Waals surface area contributed by atoms with Gasteiger partial charge in [0.25, 0.3) is 7.82 Å². The minimum absolute atomic E-state index is 0.0294. The van der Waals surface area contributed by atoms with E-state index in [9.17, 15) is 14.3 Å². The molecule has 0 aromatic rings. The van der Waals surface area contributed by atoms with Crippen LogP contribution >= 0.6 is 7.82 Å². The Morgan fingerprint density at radius 1 is 1.13 bits per heavy atom. The van der Waals surface area contributed by atoms with Crippen LogP contribution in [0.3, 0.4) is 0 Å². The molecule has 1 fully saturated rings. The number of likely N-dealkylation sites (N-methyl/N-ethyl adjacent to an activating group) is 1. The Kier molecular flexibility index (Phi) is 13.1. The summed E-state index contributed by atoms with van der Waals surface area (Å²) in [5.74, 6) is 0.0342. The Bertz CT molecular complexity index is 562. The number of hydrogen-bond acceptors (Lipinski definition) is 5. The van der Waals surface area contributed by atoms with Gasteiger partial charge in [-0.1, -0.05) is 51.2 Å². The molecule has 0 radical (unpaired) electrons. The highest BCUT2D eigenvalue weighted by Crippen LogP contribution is 2.39. The van der Waals surface area contributed by atoms with Crippen molar-refractivity contribution in [3.63, 3.8) is 0 Å². The number of rotatable bonds is 16. The molecule has 0 bridgehead atoms. The normalized spacial score (nSPS) is 19.5. The van der Waals surface area contributed by atoms with Crippen molar-refractivity contribution in [3.05, 3.63) is 12.2 Å². The summed E-state index contributed by atoms with van der Waals surface area (Å²) in [5.41, 5.74) is 0. The Morgan fingerprint density at radius 2 is 1.83 bits per heavy atom. The van der Waals surface area contributed by atoms with E-state index in [2.05, 4.69) is 13.0 Å². The third kappa shape index (κ3) is 12.9. The van der Waals surface area contributed by atoms with Crippen molar-refractivity contribution in [1.82, 2.24) is 4.90 Å². The van der Waals surface area contributed by atoms with Gasteiger partial charge in [0.2, 0.25) is 5.91 Å². The summed E-state index contributed by atoms with van der Waals surface area (Å²) in [6.45, 7) is 3.50. The molecule has 0 aromatic carbocycles. The van der Waals surface area contributed by atoms with E-state index < -0.39 is 7.82 Å². The van der Waals surface area contributed by atoms with E-state index in [1.54, 1.807) is 4.90 Å². The van der Waals surface area contributed by atoms with Crippen LogP contribution in [0.1, 0.15) is 71.1 Å². The average molecular weight is 447 g/mol. The van der Waals surface area contributed by atoms with Gasteiger partial charge in [0.1, 0.15) is 13.2 Å². The summed E-state index contributed by atoms with van der Waals surface area (Å²) < 4.78 is 22.6. The van der Waals surface area contributed by atoms with Gasteiger partial charge in [-0.15, -0.1) is 0 Å². The van der Waals surface area contributed by atoms with Gasteiger partial charge in [-0.25, -0.2) is 0 Å². The molecule has 1 aliphatic heterocycles. The largest absolute Gasteiger partial charge is 0.756 e. The van der Waals surface area contributed by atoms with E-state index in [0.29, 0.717) is 24.0 Å². The van der Waals surface area contributed by atoms with Crippen LogP contribution in [0.4, 0.5) is 0 Å². The highest BCUT2D eigenvalue weighted by atomic mass is 31.2. The second kappa shape index (κ2) is 14.4. The van der Waals surface area contributed by atoms with E-state index in [1.807, 2.05) is 27.2 Å². The van der Waals surface area contributed by atoms with E-state index in [4.69, 9.17) is 9.05 Å². The van der Waals surface area contributed by atoms with Crippen molar-refractivity contribution >= 4 is 13.7 Å². The number of nitrogens with zero attached hydrogens (tertiary/aromatic N) is 2. The number of phosphoric ester groups is 1. The van der Waals surface area contributed by atoms with E-state index >= 15 is 0 Å². The first-order valence-corrected chi connectivity index (χ1v) is 13.0. The molecule has 0 saturated carbocycles. The topological polar surface area (TPSA) is 78.9 Å². The van der Waals surface area contributed by atoms with E-state index in [0.717, 1.165) is 19.3 Å². The standard InChI is InChI=1S/C22H43N2O5P/c1-5-6-7-8-9-10-11-12-13-16-22(25)23-17-14-15-21(23)20-29-30(26,27)28-19-18-24(2,3)4/h12-13,21H,5-11,14-20H2,1-4H3/b13-12-/t21-/m1/s1. The molecule has 1 saturated heterocycles. The van der Waals surface area contributed by atoms with Crippen LogP contribution in [0.15, 0.2) is 12.2 Å². The molecule has 1 heterocycles. The number of quaternary nitrogens is 1. The first-order valence-electron chi connectivity index (χ1n) is 11.5. The number of amides is 1. The second-order valence-corrected chi connectivity index (χ2v) is 10.6. The number of phosphoric acid groups is 1. The number of likely N-dealkylation sites (tertiary alicyclic amines) is 1. The second-order valence-electron chi connectivity index (χ2n) is 9.21. The Morgan fingerprint density at radius 3 is 2.53 bits per heavy atom. The quantitative estimate of drug-likeness (QED) is 0.156. The van der Waals surface area contributed by atoms with Gasteiger partial charge in [0, 0.05) is 13.0 Å². The third-order valence-electron chi connectivity index (χ3n) is 5.32. The summed E-state index contributed by atoms with van der Waals surface area (Å²) in [5, 5.41) is 0. The molecule has 176 valence electrons. The third-order valence-corrected chi connectivity index (χ3v) is 6.28. The van der Waals surface area contributed by atoms with Crippen molar-refractivity contribution in [2.24, 2.45) is 0 Å². The molecule has 8 heteroatoms. The predicted octanol–water partition coefficient (Wildman–Crippen LogP) is 3.88. The van der Waals surface area contributed by atoms with Crippen molar-refractivity contribution in [3.8, 4) is 0 Å². The number of unbranched alkanes of at least 4 members (excludes halogenated alkanes) is 6. The molecule has 1 aliphatic rings. The molecule has 7 nitrogen and oxygen atoms in total. The Labute approximate surface area is 183 Å². The smallest absolute Gasteiger partial charge is 0.268 e. The van der Waals surface area contributed by atoms with Crippen molar-refractivity contribution < 1.29 is 27.8 Å². The van der Waals surface area contributed by atoms with Crippen molar-refractivity contribution in [2.45, 2.75) is 77.2 Å². The maximum Gasteiger partial charge on any atom is 0.268 e. The lowest BCUT2D eigenvalue weighted by Gasteiger charge is -2.30. The maximum absolute atomic E-state index is 12.5. The first kappa shape index (κ1) is 27.3. The predicted molar refractivity (Wildman–Crippen MR) is 119 cm³/mol. The molecule has 2 atom stereocenters. The Balaban J connectivity index is 2.28. The van der Waals surface area contributed by atoms with Gasteiger partial charge in [-0.05, 0) is 25.7 Å². The molecule has 30 heavy (non-hydrogen) atoms. The van der Waals surface area contributed by atoms with Crippen LogP contribution in [0.5, 0.6) is 0 Å². The van der Waals surface area contributed by atoms with Crippen molar-refractivity contribution in [1.29, 1.82) is 0 Å². The fraction of sp³-hybridized carbons (Fsp3) is 0.864. The van der Waals surface area contributed by atoms with Gasteiger partial charge >= 0.3 is 0 Å². The number of allylic oxidation sites excluding steroid dienone is 1. The SMILES string of the molecule is CCCCCCCC/C=C\CC(=O)N1CCC[C@@H]1COP(=O)([O-])OCC[N+](C)(C)C. The highest BCUT2D eigenvalue weighted by molar-refractivity contribution is 7.45. The summed E-state index contributed by atoms with van der Waals surface area (Å²) in [6, 6.07) is -0.200. The molecule has 1 unspecified atom stereocenters. The Hall–Kier alpha value is -0.720. The lowest BCUT2D eigenvalue weighted by atomic mass is 10.1. The average Bonchev–Trinajstić information content (AvgIpc) is 3.12. The fourth-order valence-electron chi connectivity index (χ4n) is 3.44. The zero-order valence-corrected chi connectivity index (χ0v) is 20.4. The number of carbonyl (C=O) groups excluding carboxylic acids is 1. The number of hydrogen-bond donors (Lipinski definition) is 0. The molecular formula is C22H43N2O5P. The van der Waals surface area contributed by atoms with E-state index in [-0.39, 0.29) is 25.2 Å². The van der Waals surface area contributed by atoms with Gasteiger partial charge in [-0.2, -0.15) is 0 Å². The lowest BCUT2D eigenvalue weighted by molar-refractivity contribution is -0.870. The van der Waals surface area contributed by atoms with Crippen LogP contribution in [-0.4, -0.2) is 68.8 Å². The maximum atomic E-state index is 12.5. The van der Waals surface area contributed by atoms with Crippen LogP contribution in [0, 0.1) is 0 Å². The highest BCUT2D eigenvalue weighted by Gasteiger charge is 2.29. The molecule has 1 rings (SSSR count). The van der Waals surface area contributed by atoms with Gasteiger partial charge in [0.05, 0.1) is 33.8 Å². The van der Waals surface area contributed by atoms with E-state index in [1.165, 1.54) is 38.5 Å². The number of carbonyl (C=O) groups is 1. The fourth-order valence-corrected chi connectivity index (χ4v) is 4.17. The van der Waals surface area contributed by atoms with Gasteiger partial charge in [0.15, 0.2) is 0 Å². The first-order chi connectivity index (χ1) is 14.1. The van der Waals surface area contributed by atoms with Gasteiger partial charge in [-0.3, -0.25) is 9.36 Å². The van der Waals surface area contributed by atoms with Crippen LogP contribution in [-0.2, 0) is 18.4 Å². The van der Waals surface area contributed by atoms with Crippen LogP contribution in [0.2, 0.25) is 0 Å². The lowest BCUT2D eigenvalue weighted by Crippen LogP contribution is -2.39. The zero-order valence-electron chi connectivity index (χ0n) is 19.5.